The second-order valence-electron chi connectivity index (χ2n) is 4.78. The van der Waals surface area contributed by atoms with Crippen molar-refractivity contribution in [1.82, 2.24) is 5.32 Å². The van der Waals surface area contributed by atoms with Crippen LogP contribution in [0.1, 0.15) is 19.4 Å². The van der Waals surface area contributed by atoms with Crippen LogP contribution >= 0.6 is 0 Å². The highest BCUT2D eigenvalue weighted by molar-refractivity contribution is 5.40. The maximum atomic E-state index is 8.94. The lowest BCUT2D eigenvalue weighted by molar-refractivity contribution is 0.393. The number of hydrogen-bond donors (Lipinski definition) is 1. The van der Waals surface area contributed by atoms with Crippen LogP contribution in [0.15, 0.2) is 18.2 Å². The number of nitriles is 1. The summed E-state index contributed by atoms with van der Waals surface area (Å²) in [7, 11) is 3.28. The van der Waals surface area contributed by atoms with Crippen LogP contribution in [-0.4, -0.2) is 20.8 Å². The van der Waals surface area contributed by atoms with E-state index in [1.807, 2.05) is 32.0 Å². The summed E-state index contributed by atoms with van der Waals surface area (Å²) in [6.07, 6.45) is 0. The zero-order valence-corrected chi connectivity index (χ0v) is 11.4. The van der Waals surface area contributed by atoms with Gasteiger partial charge in [-0.1, -0.05) is 0 Å². The molecule has 0 unspecified atom stereocenters. The standard InChI is InChI=1S/C14H20N2O2/c1-14(2,9-15)10-16-8-11-7-12(17-3)5-6-13(11)18-4/h5-7,16H,8,10H2,1-4H3. The number of nitrogens with zero attached hydrogens (tertiary/aromatic N) is 1. The monoisotopic (exact) mass is 248 g/mol. The Hall–Kier alpha value is -1.73. The summed E-state index contributed by atoms with van der Waals surface area (Å²) >= 11 is 0. The molecule has 1 aromatic rings. The fourth-order valence-corrected chi connectivity index (χ4v) is 1.57. The summed E-state index contributed by atoms with van der Waals surface area (Å²) in [6.45, 7) is 5.08. The lowest BCUT2D eigenvalue weighted by atomic mass is 9.96. The third-order valence-corrected chi connectivity index (χ3v) is 2.67. The molecular weight excluding hydrogens is 228 g/mol. The van der Waals surface area contributed by atoms with Gasteiger partial charge in [-0.25, -0.2) is 0 Å². The number of ether oxygens (including phenoxy) is 2. The van der Waals surface area contributed by atoms with Crippen molar-refractivity contribution in [3.05, 3.63) is 23.8 Å². The summed E-state index contributed by atoms with van der Waals surface area (Å²) in [5.74, 6) is 1.62. The number of nitrogens with one attached hydrogen (secondary N) is 1. The first-order valence-electron chi connectivity index (χ1n) is 5.85. The average Bonchev–Trinajstić information content (AvgIpc) is 2.38. The Morgan fingerprint density at radius 1 is 1.28 bits per heavy atom. The van der Waals surface area contributed by atoms with Crippen LogP contribution in [0, 0.1) is 16.7 Å². The molecule has 1 N–H and O–H groups in total. The van der Waals surface area contributed by atoms with E-state index in [1.165, 1.54) is 0 Å². The van der Waals surface area contributed by atoms with Crippen LogP contribution < -0.4 is 14.8 Å². The molecule has 0 aliphatic carbocycles. The minimum absolute atomic E-state index is 0.369. The van der Waals surface area contributed by atoms with Crippen LogP contribution in [-0.2, 0) is 6.54 Å². The molecule has 0 bridgehead atoms. The number of benzene rings is 1. The molecule has 0 aliphatic rings. The van der Waals surface area contributed by atoms with E-state index in [0.29, 0.717) is 13.1 Å². The van der Waals surface area contributed by atoms with E-state index in [0.717, 1.165) is 17.1 Å². The normalized spacial score (nSPS) is 10.8. The van der Waals surface area contributed by atoms with Crippen LogP contribution in [0.25, 0.3) is 0 Å². The summed E-state index contributed by atoms with van der Waals surface area (Å²) in [5.41, 5.74) is 0.650. The number of hydrogen-bond acceptors (Lipinski definition) is 4. The highest BCUT2D eigenvalue weighted by Gasteiger charge is 2.16. The van der Waals surface area contributed by atoms with E-state index in [2.05, 4.69) is 11.4 Å². The predicted octanol–water partition coefficient (Wildman–Crippen LogP) is 2.34. The topological polar surface area (TPSA) is 54.3 Å². The van der Waals surface area contributed by atoms with Gasteiger partial charge in [0.15, 0.2) is 0 Å². The zero-order chi connectivity index (χ0) is 13.6. The molecule has 0 saturated carbocycles. The van der Waals surface area contributed by atoms with E-state index in [-0.39, 0.29) is 5.41 Å². The van der Waals surface area contributed by atoms with Crippen molar-refractivity contribution in [3.63, 3.8) is 0 Å². The summed E-state index contributed by atoms with van der Waals surface area (Å²) in [4.78, 5) is 0. The van der Waals surface area contributed by atoms with Gasteiger partial charge in [0, 0.05) is 18.7 Å². The molecule has 18 heavy (non-hydrogen) atoms. The van der Waals surface area contributed by atoms with E-state index in [1.54, 1.807) is 14.2 Å². The Morgan fingerprint density at radius 2 is 2.00 bits per heavy atom. The Bertz CT molecular complexity index is 436. The summed E-state index contributed by atoms with van der Waals surface area (Å²) < 4.78 is 10.5. The lowest BCUT2D eigenvalue weighted by Crippen LogP contribution is -2.27. The van der Waals surface area contributed by atoms with Crippen molar-refractivity contribution in [2.75, 3.05) is 20.8 Å². The molecule has 98 valence electrons. The molecule has 4 heteroatoms. The van der Waals surface area contributed by atoms with Crippen molar-refractivity contribution >= 4 is 0 Å². The van der Waals surface area contributed by atoms with Gasteiger partial charge in [-0.15, -0.1) is 0 Å². The van der Waals surface area contributed by atoms with Gasteiger partial charge in [0.1, 0.15) is 11.5 Å². The van der Waals surface area contributed by atoms with E-state index < -0.39 is 0 Å². The second kappa shape index (κ2) is 6.27. The van der Waals surface area contributed by atoms with Gasteiger partial charge >= 0.3 is 0 Å². The van der Waals surface area contributed by atoms with Crippen molar-refractivity contribution in [2.24, 2.45) is 5.41 Å². The highest BCUT2D eigenvalue weighted by atomic mass is 16.5. The zero-order valence-electron chi connectivity index (χ0n) is 11.4. The fraction of sp³-hybridized carbons (Fsp3) is 0.500. The minimum Gasteiger partial charge on any atom is -0.497 e. The van der Waals surface area contributed by atoms with Crippen LogP contribution in [0.5, 0.6) is 11.5 Å². The van der Waals surface area contributed by atoms with Crippen LogP contribution in [0.3, 0.4) is 0 Å². The van der Waals surface area contributed by atoms with Crippen molar-refractivity contribution < 1.29 is 9.47 Å². The molecule has 0 amide bonds. The number of methoxy groups -OCH3 is 2. The van der Waals surface area contributed by atoms with Gasteiger partial charge in [0.2, 0.25) is 0 Å². The SMILES string of the molecule is COc1ccc(OC)c(CNCC(C)(C)C#N)c1. The molecule has 0 atom stereocenters. The van der Waals surface area contributed by atoms with Gasteiger partial charge in [-0.3, -0.25) is 0 Å². The molecule has 1 aromatic carbocycles. The maximum Gasteiger partial charge on any atom is 0.123 e. The van der Waals surface area contributed by atoms with E-state index >= 15 is 0 Å². The molecule has 0 aliphatic heterocycles. The Morgan fingerprint density at radius 3 is 2.56 bits per heavy atom. The molecule has 0 spiro atoms. The van der Waals surface area contributed by atoms with Crippen LogP contribution in [0.4, 0.5) is 0 Å². The van der Waals surface area contributed by atoms with Gasteiger partial charge in [0.25, 0.3) is 0 Å². The molecular formula is C14H20N2O2. The summed E-state index contributed by atoms with van der Waals surface area (Å²) in [5, 5.41) is 12.2. The first-order valence-corrected chi connectivity index (χ1v) is 5.85. The Labute approximate surface area is 109 Å². The third kappa shape index (κ3) is 3.94. The maximum absolute atomic E-state index is 8.94. The van der Waals surface area contributed by atoms with Gasteiger partial charge in [-0.05, 0) is 32.0 Å². The second-order valence-corrected chi connectivity index (χ2v) is 4.78. The Balaban J connectivity index is 2.69. The Kier molecular flexibility index (Phi) is 4.99. The first kappa shape index (κ1) is 14.3. The van der Waals surface area contributed by atoms with Crippen LogP contribution in [0.2, 0.25) is 0 Å². The van der Waals surface area contributed by atoms with E-state index in [9.17, 15) is 0 Å². The lowest BCUT2D eigenvalue weighted by Gasteiger charge is -2.17. The summed E-state index contributed by atoms with van der Waals surface area (Å²) in [6, 6.07) is 7.94. The van der Waals surface area contributed by atoms with Crippen molar-refractivity contribution in [3.8, 4) is 17.6 Å². The average molecular weight is 248 g/mol. The smallest absolute Gasteiger partial charge is 0.123 e. The third-order valence-electron chi connectivity index (χ3n) is 2.67. The quantitative estimate of drug-likeness (QED) is 0.839. The highest BCUT2D eigenvalue weighted by Crippen LogP contribution is 2.24. The molecule has 0 saturated heterocycles. The molecule has 0 heterocycles. The van der Waals surface area contributed by atoms with Crippen molar-refractivity contribution in [2.45, 2.75) is 20.4 Å². The largest absolute Gasteiger partial charge is 0.497 e. The van der Waals surface area contributed by atoms with E-state index in [4.69, 9.17) is 14.7 Å². The molecule has 0 fully saturated rings. The molecule has 4 nitrogen and oxygen atoms in total. The molecule has 0 aromatic heterocycles. The predicted molar refractivity (Wildman–Crippen MR) is 70.6 cm³/mol. The van der Waals surface area contributed by atoms with Gasteiger partial charge in [0.05, 0.1) is 25.7 Å². The minimum atomic E-state index is -0.369. The fourth-order valence-electron chi connectivity index (χ4n) is 1.57. The number of rotatable bonds is 6. The van der Waals surface area contributed by atoms with Gasteiger partial charge < -0.3 is 14.8 Å². The molecule has 1 rings (SSSR count). The first-order chi connectivity index (χ1) is 8.52. The van der Waals surface area contributed by atoms with Crippen molar-refractivity contribution in [1.29, 1.82) is 5.26 Å². The van der Waals surface area contributed by atoms with Gasteiger partial charge in [-0.2, -0.15) is 5.26 Å². The molecule has 0 radical (unpaired) electrons.